The highest BCUT2D eigenvalue weighted by Crippen LogP contribution is 2.45. The number of carboxylic acids is 1. The second-order valence-corrected chi connectivity index (χ2v) is 4.88. The highest BCUT2D eigenvalue weighted by Gasteiger charge is 2.56. The summed E-state index contributed by atoms with van der Waals surface area (Å²) in [5.74, 6) is -2.88. The van der Waals surface area contributed by atoms with E-state index in [4.69, 9.17) is 5.11 Å². The van der Waals surface area contributed by atoms with Gasteiger partial charge in [0.25, 0.3) is 5.91 Å². The molecule has 112 valence electrons. The van der Waals surface area contributed by atoms with Gasteiger partial charge in [-0.25, -0.2) is 4.39 Å². The number of halogens is 1. The van der Waals surface area contributed by atoms with Crippen LogP contribution in [0.1, 0.15) is 23.2 Å². The van der Waals surface area contributed by atoms with E-state index >= 15 is 0 Å². The third-order valence-electron chi connectivity index (χ3n) is 3.41. The predicted molar refractivity (Wildman–Crippen MR) is 71.0 cm³/mol. The number of benzene rings is 1. The Kier molecular flexibility index (Phi) is 4.21. The molecule has 0 saturated heterocycles. The Hall–Kier alpha value is -2.44. The molecular weight excluding hydrogens is 279 g/mol. The zero-order valence-corrected chi connectivity index (χ0v) is 11.2. The van der Waals surface area contributed by atoms with E-state index in [1.54, 1.807) is 6.07 Å². The maximum absolute atomic E-state index is 13.3. The molecule has 21 heavy (non-hydrogen) atoms. The minimum absolute atomic E-state index is 0.0759. The Balaban J connectivity index is 1.76. The van der Waals surface area contributed by atoms with Gasteiger partial charge in [0.2, 0.25) is 5.91 Å². The first kappa shape index (κ1) is 15.0. The molecule has 0 aromatic heterocycles. The van der Waals surface area contributed by atoms with E-state index in [9.17, 15) is 18.8 Å². The number of rotatable bonds is 6. The largest absolute Gasteiger partial charge is 0.480 e. The lowest BCUT2D eigenvalue weighted by molar-refractivity contribution is -0.149. The molecule has 2 rings (SSSR count). The van der Waals surface area contributed by atoms with Crippen molar-refractivity contribution >= 4 is 17.8 Å². The van der Waals surface area contributed by atoms with E-state index in [2.05, 4.69) is 10.6 Å². The molecule has 6 nitrogen and oxygen atoms in total. The molecule has 1 aromatic rings. The highest BCUT2D eigenvalue weighted by atomic mass is 19.1. The van der Waals surface area contributed by atoms with Crippen LogP contribution in [0.2, 0.25) is 0 Å². The minimum Gasteiger partial charge on any atom is -0.480 e. The Morgan fingerprint density at radius 1 is 1.14 bits per heavy atom. The van der Waals surface area contributed by atoms with E-state index in [0.29, 0.717) is 12.8 Å². The molecular formula is C14H15FN2O4. The van der Waals surface area contributed by atoms with Gasteiger partial charge in [0.1, 0.15) is 11.2 Å². The van der Waals surface area contributed by atoms with Gasteiger partial charge < -0.3 is 15.7 Å². The van der Waals surface area contributed by atoms with Crippen LogP contribution >= 0.6 is 0 Å². The van der Waals surface area contributed by atoms with Gasteiger partial charge in [-0.3, -0.25) is 14.4 Å². The van der Waals surface area contributed by atoms with Crippen molar-refractivity contribution in [3.8, 4) is 0 Å². The van der Waals surface area contributed by atoms with Gasteiger partial charge in [-0.05, 0) is 25.0 Å². The maximum Gasteiger partial charge on any atom is 0.319 e. The first-order valence-electron chi connectivity index (χ1n) is 6.52. The first-order chi connectivity index (χ1) is 9.97. The first-order valence-corrected chi connectivity index (χ1v) is 6.52. The summed E-state index contributed by atoms with van der Waals surface area (Å²) in [7, 11) is 0. The van der Waals surface area contributed by atoms with E-state index in [1.807, 2.05) is 0 Å². The lowest BCUT2D eigenvalue weighted by Crippen LogP contribution is -2.41. The van der Waals surface area contributed by atoms with Gasteiger partial charge in [-0.2, -0.15) is 0 Å². The molecule has 1 aliphatic rings. The zero-order valence-electron chi connectivity index (χ0n) is 11.2. The van der Waals surface area contributed by atoms with Crippen molar-refractivity contribution in [3.63, 3.8) is 0 Å². The molecule has 1 saturated carbocycles. The fourth-order valence-corrected chi connectivity index (χ4v) is 1.92. The third kappa shape index (κ3) is 3.18. The number of hydrogen-bond donors (Lipinski definition) is 3. The highest BCUT2D eigenvalue weighted by molar-refractivity contribution is 6.04. The summed E-state index contributed by atoms with van der Waals surface area (Å²) in [5, 5.41) is 13.8. The number of carbonyl (C=O) groups is 3. The summed E-state index contributed by atoms with van der Waals surface area (Å²) < 4.78 is 13.3. The van der Waals surface area contributed by atoms with Crippen LogP contribution in [0.4, 0.5) is 4.39 Å². The topological polar surface area (TPSA) is 95.5 Å². The molecule has 0 radical (unpaired) electrons. The quantitative estimate of drug-likeness (QED) is 0.527. The van der Waals surface area contributed by atoms with Crippen LogP contribution in [-0.4, -0.2) is 36.0 Å². The average molecular weight is 294 g/mol. The Morgan fingerprint density at radius 2 is 1.76 bits per heavy atom. The van der Waals surface area contributed by atoms with Gasteiger partial charge in [-0.1, -0.05) is 12.1 Å². The van der Waals surface area contributed by atoms with Crippen LogP contribution in [0, 0.1) is 11.2 Å². The van der Waals surface area contributed by atoms with E-state index < -0.39 is 29.0 Å². The fourth-order valence-electron chi connectivity index (χ4n) is 1.92. The maximum atomic E-state index is 13.3. The predicted octanol–water partition coefficient (Wildman–Crippen LogP) is 0.537. The summed E-state index contributed by atoms with van der Waals surface area (Å²) >= 11 is 0. The summed E-state index contributed by atoms with van der Waals surface area (Å²) in [4.78, 5) is 34.3. The molecule has 0 spiro atoms. The number of hydrogen-bond acceptors (Lipinski definition) is 3. The molecule has 7 heteroatoms. The molecule has 1 aliphatic carbocycles. The summed E-state index contributed by atoms with van der Waals surface area (Å²) in [6.45, 7) is 0.183. The zero-order chi connectivity index (χ0) is 15.5. The van der Waals surface area contributed by atoms with Gasteiger partial charge in [0.05, 0.1) is 5.56 Å². The monoisotopic (exact) mass is 294 g/mol. The van der Waals surface area contributed by atoms with Crippen LogP contribution in [-0.2, 0) is 9.59 Å². The van der Waals surface area contributed by atoms with E-state index in [1.165, 1.54) is 18.2 Å². The Bertz CT molecular complexity index is 584. The van der Waals surface area contributed by atoms with Crippen LogP contribution in [0.15, 0.2) is 24.3 Å². The molecule has 1 aromatic carbocycles. The summed E-state index contributed by atoms with van der Waals surface area (Å²) in [6, 6.07) is 5.56. The molecule has 3 N–H and O–H groups in total. The third-order valence-corrected chi connectivity index (χ3v) is 3.41. The molecule has 0 heterocycles. The van der Waals surface area contributed by atoms with E-state index in [-0.39, 0.29) is 18.7 Å². The summed E-state index contributed by atoms with van der Waals surface area (Å²) in [6.07, 6.45) is 0.658. The van der Waals surface area contributed by atoms with Crippen LogP contribution in [0.5, 0.6) is 0 Å². The SMILES string of the molecule is O=C(NCCNC(=O)C1(C(=O)O)CC1)c1ccccc1F. The fraction of sp³-hybridized carbons (Fsp3) is 0.357. The number of aliphatic carboxylic acids is 1. The minimum atomic E-state index is -1.30. The lowest BCUT2D eigenvalue weighted by atomic mass is 10.1. The van der Waals surface area contributed by atoms with Crippen LogP contribution < -0.4 is 10.6 Å². The van der Waals surface area contributed by atoms with Crippen molar-refractivity contribution in [1.29, 1.82) is 0 Å². The van der Waals surface area contributed by atoms with Gasteiger partial charge in [-0.15, -0.1) is 0 Å². The standard InChI is InChI=1S/C14H15FN2O4/c15-10-4-2-1-3-9(10)11(18)16-7-8-17-12(19)14(5-6-14)13(20)21/h1-4H,5-8H2,(H,16,18)(H,17,19)(H,20,21). The van der Waals surface area contributed by atoms with Crippen LogP contribution in [0.3, 0.4) is 0 Å². The van der Waals surface area contributed by atoms with Gasteiger partial charge >= 0.3 is 5.97 Å². The molecule has 0 unspecified atom stereocenters. The molecule has 0 atom stereocenters. The van der Waals surface area contributed by atoms with Crippen molar-refractivity contribution < 1.29 is 23.9 Å². The number of carbonyl (C=O) groups excluding carboxylic acids is 2. The van der Waals surface area contributed by atoms with Crippen molar-refractivity contribution in [3.05, 3.63) is 35.6 Å². The number of carboxylic acid groups (broad SMARTS) is 1. The van der Waals surface area contributed by atoms with E-state index in [0.717, 1.165) is 0 Å². The van der Waals surface area contributed by atoms with Crippen molar-refractivity contribution in [2.24, 2.45) is 5.41 Å². The second-order valence-electron chi connectivity index (χ2n) is 4.88. The summed E-state index contributed by atoms with van der Waals surface area (Å²) in [5.41, 5.74) is -1.37. The van der Waals surface area contributed by atoms with Gasteiger partial charge in [0.15, 0.2) is 0 Å². The molecule has 1 fully saturated rings. The molecule has 0 aliphatic heterocycles. The lowest BCUT2D eigenvalue weighted by Gasteiger charge is -2.11. The Morgan fingerprint density at radius 3 is 2.33 bits per heavy atom. The molecule has 2 amide bonds. The second kappa shape index (κ2) is 5.90. The van der Waals surface area contributed by atoms with Crippen molar-refractivity contribution in [2.45, 2.75) is 12.8 Å². The molecule has 0 bridgehead atoms. The average Bonchev–Trinajstić information content (AvgIpc) is 3.25. The number of amides is 2. The van der Waals surface area contributed by atoms with Gasteiger partial charge in [0, 0.05) is 13.1 Å². The number of nitrogens with one attached hydrogen (secondary N) is 2. The smallest absolute Gasteiger partial charge is 0.319 e. The normalized spacial score (nSPS) is 15.1. The van der Waals surface area contributed by atoms with Crippen molar-refractivity contribution in [2.75, 3.05) is 13.1 Å². The van der Waals surface area contributed by atoms with Crippen LogP contribution in [0.25, 0.3) is 0 Å². The Labute approximate surface area is 120 Å². The van der Waals surface area contributed by atoms with Crippen molar-refractivity contribution in [1.82, 2.24) is 10.6 Å².